The number of rotatable bonds is 6. The van der Waals surface area contributed by atoms with E-state index in [4.69, 9.17) is 17.0 Å². The molecule has 0 aromatic heterocycles. The van der Waals surface area contributed by atoms with Gasteiger partial charge in [-0.05, 0) is 24.2 Å². The number of aliphatic hydroxyl groups is 1. The number of ether oxygens (including phenoxy) is 1. The Morgan fingerprint density at radius 2 is 2.05 bits per heavy atom. The molecule has 1 atom stereocenters. The average molecular weight is 297 g/mol. The van der Waals surface area contributed by atoms with Gasteiger partial charge in [0, 0.05) is 20.3 Å². The van der Waals surface area contributed by atoms with E-state index in [9.17, 15) is 9.90 Å². The number of amides is 1. The van der Waals surface area contributed by atoms with Crippen molar-refractivity contribution < 1.29 is 14.6 Å². The van der Waals surface area contributed by atoms with Gasteiger partial charge >= 0.3 is 0 Å². The molecule has 1 aromatic carbocycles. The van der Waals surface area contributed by atoms with Crippen LogP contribution in [0.25, 0.3) is 0 Å². The number of thiocarbonyl (C=S) groups is 1. The van der Waals surface area contributed by atoms with E-state index in [-0.39, 0.29) is 5.11 Å². The largest absolute Gasteiger partial charge is 0.385 e. The molecule has 7 heteroatoms. The third-order valence-electron chi connectivity index (χ3n) is 2.47. The summed E-state index contributed by atoms with van der Waals surface area (Å²) in [5.41, 5.74) is 5.40. The van der Waals surface area contributed by atoms with E-state index in [2.05, 4.69) is 16.2 Å². The van der Waals surface area contributed by atoms with Crippen molar-refractivity contribution in [3.05, 3.63) is 35.9 Å². The summed E-state index contributed by atoms with van der Waals surface area (Å²) in [4.78, 5) is 11.7. The van der Waals surface area contributed by atoms with Gasteiger partial charge in [-0.3, -0.25) is 15.6 Å². The summed E-state index contributed by atoms with van der Waals surface area (Å²) in [6, 6.07) is 8.66. The molecule has 110 valence electrons. The molecule has 1 rings (SSSR count). The molecule has 0 aliphatic heterocycles. The van der Waals surface area contributed by atoms with E-state index >= 15 is 0 Å². The first kappa shape index (κ1) is 16.4. The SMILES string of the molecule is COCCCNC(=S)NNC(=O)C(O)c1ccccc1. The van der Waals surface area contributed by atoms with Crippen LogP contribution in [-0.2, 0) is 9.53 Å². The van der Waals surface area contributed by atoms with Crippen molar-refractivity contribution in [3.8, 4) is 0 Å². The number of aliphatic hydroxyl groups excluding tert-OH is 1. The highest BCUT2D eigenvalue weighted by atomic mass is 32.1. The molecule has 6 nitrogen and oxygen atoms in total. The zero-order chi connectivity index (χ0) is 14.8. The molecule has 0 bridgehead atoms. The second-order valence-corrected chi connectivity index (χ2v) is 4.44. The molecule has 1 amide bonds. The van der Waals surface area contributed by atoms with Crippen molar-refractivity contribution in [2.75, 3.05) is 20.3 Å². The molecule has 0 fully saturated rings. The summed E-state index contributed by atoms with van der Waals surface area (Å²) in [5.74, 6) is -0.572. The summed E-state index contributed by atoms with van der Waals surface area (Å²) in [6.45, 7) is 1.27. The maximum absolute atomic E-state index is 11.7. The van der Waals surface area contributed by atoms with Gasteiger partial charge in [-0.1, -0.05) is 30.3 Å². The Morgan fingerprint density at radius 3 is 2.70 bits per heavy atom. The molecule has 0 saturated carbocycles. The third-order valence-corrected chi connectivity index (χ3v) is 2.72. The average Bonchev–Trinajstić information content (AvgIpc) is 2.49. The fraction of sp³-hybridized carbons (Fsp3) is 0.385. The Hall–Kier alpha value is -1.70. The van der Waals surface area contributed by atoms with E-state index in [0.29, 0.717) is 18.7 Å². The first-order valence-electron chi connectivity index (χ1n) is 6.20. The van der Waals surface area contributed by atoms with Gasteiger partial charge in [0.2, 0.25) is 0 Å². The number of nitrogens with one attached hydrogen (secondary N) is 3. The summed E-state index contributed by atoms with van der Waals surface area (Å²) in [6.07, 6.45) is -0.432. The van der Waals surface area contributed by atoms with Crippen LogP contribution >= 0.6 is 12.2 Å². The van der Waals surface area contributed by atoms with Crippen LogP contribution in [0.1, 0.15) is 18.1 Å². The monoisotopic (exact) mass is 297 g/mol. The van der Waals surface area contributed by atoms with E-state index in [0.717, 1.165) is 6.42 Å². The predicted octanol–water partition coefficient (Wildman–Crippen LogP) is 0.252. The summed E-state index contributed by atoms with van der Waals surface area (Å²) in [7, 11) is 1.63. The fourth-order valence-electron chi connectivity index (χ4n) is 1.44. The number of methoxy groups -OCH3 is 1. The summed E-state index contributed by atoms with van der Waals surface area (Å²) < 4.78 is 4.90. The van der Waals surface area contributed by atoms with Gasteiger partial charge in [-0.25, -0.2) is 0 Å². The van der Waals surface area contributed by atoms with E-state index in [1.807, 2.05) is 6.07 Å². The molecular weight excluding hydrogens is 278 g/mol. The molecule has 1 aromatic rings. The van der Waals surface area contributed by atoms with Gasteiger partial charge in [0.25, 0.3) is 5.91 Å². The van der Waals surface area contributed by atoms with E-state index in [1.165, 1.54) is 0 Å². The van der Waals surface area contributed by atoms with Gasteiger partial charge in [0.1, 0.15) is 0 Å². The standard InChI is InChI=1S/C13H19N3O3S/c1-19-9-5-8-14-13(20)16-15-12(18)11(17)10-6-3-2-4-7-10/h2-4,6-7,11,17H,5,8-9H2,1H3,(H,15,18)(H2,14,16,20). The zero-order valence-corrected chi connectivity index (χ0v) is 12.1. The number of hydrogen-bond donors (Lipinski definition) is 4. The van der Waals surface area contributed by atoms with E-state index in [1.54, 1.807) is 31.4 Å². The van der Waals surface area contributed by atoms with Crippen LogP contribution in [0.15, 0.2) is 30.3 Å². The van der Waals surface area contributed by atoms with Crippen LogP contribution in [-0.4, -0.2) is 36.4 Å². The van der Waals surface area contributed by atoms with Crippen LogP contribution < -0.4 is 16.2 Å². The lowest BCUT2D eigenvalue weighted by Gasteiger charge is -2.14. The van der Waals surface area contributed by atoms with Crippen molar-refractivity contribution in [1.82, 2.24) is 16.2 Å². The summed E-state index contributed by atoms with van der Waals surface area (Å²) >= 11 is 4.97. The number of carbonyl (C=O) groups is 1. The Balaban J connectivity index is 2.27. The normalized spacial score (nSPS) is 11.5. The molecule has 0 heterocycles. The van der Waals surface area contributed by atoms with Gasteiger partial charge in [-0.2, -0.15) is 0 Å². The first-order chi connectivity index (χ1) is 9.65. The van der Waals surface area contributed by atoms with Crippen molar-refractivity contribution in [1.29, 1.82) is 0 Å². The van der Waals surface area contributed by atoms with Crippen LogP contribution in [0.4, 0.5) is 0 Å². The second kappa shape index (κ2) is 9.24. The number of benzene rings is 1. The van der Waals surface area contributed by atoms with Gasteiger partial charge in [-0.15, -0.1) is 0 Å². The lowest BCUT2D eigenvalue weighted by atomic mass is 10.1. The highest BCUT2D eigenvalue weighted by molar-refractivity contribution is 7.80. The second-order valence-electron chi connectivity index (χ2n) is 4.03. The van der Waals surface area contributed by atoms with Crippen LogP contribution in [0.2, 0.25) is 0 Å². The Kier molecular flexibility index (Phi) is 7.56. The molecule has 4 N–H and O–H groups in total. The molecule has 0 aliphatic carbocycles. The Labute approximate surface area is 123 Å². The fourth-order valence-corrected chi connectivity index (χ4v) is 1.59. The molecule has 1 unspecified atom stereocenters. The predicted molar refractivity (Wildman–Crippen MR) is 79.8 cm³/mol. The topological polar surface area (TPSA) is 82.6 Å². The van der Waals surface area contributed by atoms with Gasteiger partial charge in [0.05, 0.1) is 0 Å². The summed E-state index contributed by atoms with van der Waals surface area (Å²) in [5, 5.41) is 13.0. The minimum Gasteiger partial charge on any atom is -0.385 e. The smallest absolute Gasteiger partial charge is 0.271 e. The minimum atomic E-state index is -1.24. The van der Waals surface area contributed by atoms with Crippen molar-refractivity contribution in [2.45, 2.75) is 12.5 Å². The third kappa shape index (κ3) is 5.96. The van der Waals surface area contributed by atoms with Gasteiger partial charge in [0.15, 0.2) is 11.2 Å². The molecule has 0 aliphatic rings. The quantitative estimate of drug-likeness (QED) is 0.342. The van der Waals surface area contributed by atoms with E-state index < -0.39 is 12.0 Å². The molecule has 0 radical (unpaired) electrons. The Morgan fingerprint density at radius 1 is 1.35 bits per heavy atom. The molecule has 0 spiro atoms. The van der Waals surface area contributed by atoms with Gasteiger partial charge < -0.3 is 15.2 Å². The highest BCUT2D eigenvalue weighted by Crippen LogP contribution is 2.11. The molecule has 20 heavy (non-hydrogen) atoms. The number of hydrazine groups is 1. The highest BCUT2D eigenvalue weighted by Gasteiger charge is 2.16. The van der Waals surface area contributed by atoms with Crippen LogP contribution in [0.5, 0.6) is 0 Å². The van der Waals surface area contributed by atoms with Crippen LogP contribution in [0.3, 0.4) is 0 Å². The maximum atomic E-state index is 11.7. The van der Waals surface area contributed by atoms with Crippen molar-refractivity contribution in [2.24, 2.45) is 0 Å². The zero-order valence-electron chi connectivity index (χ0n) is 11.3. The lowest BCUT2D eigenvalue weighted by Crippen LogP contribution is -2.48. The number of hydrogen-bond acceptors (Lipinski definition) is 4. The first-order valence-corrected chi connectivity index (χ1v) is 6.61. The van der Waals surface area contributed by atoms with Crippen molar-refractivity contribution in [3.63, 3.8) is 0 Å². The minimum absolute atomic E-state index is 0.287. The Bertz CT molecular complexity index is 428. The molecular formula is C13H19N3O3S. The lowest BCUT2D eigenvalue weighted by molar-refractivity contribution is -0.130. The van der Waals surface area contributed by atoms with Crippen molar-refractivity contribution >= 4 is 23.2 Å². The molecule has 0 saturated heterocycles. The maximum Gasteiger partial charge on any atom is 0.271 e. The number of carbonyl (C=O) groups excluding carboxylic acids is 1. The van der Waals surface area contributed by atoms with Crippen LogP contribution in [0, 0.1) is 0 Å².